The minimum absolute atomic E-state index is 0.440. The minimum Gasteiger partial charge on any atom is -0.370 e. The van der Waals surface area contributed by atoms with E-state index < -0.39 is 0 Å². The van der Waals surface area contributed by atoms with Crippen LogP contribution in [0, 0.1) is 0 Å². The Kier molecular flexibility index (Phi) is 5.06. The van der Waals surface area contributed by atoms with Gasteiger partial charge in [0.2, 0.25) is 0 Å². The second-order valence-corrected chi connectivity index (χ2v) is 7.18. The SMILES string of the molecule is CN(Cc1csc(Br)c1)C(N)=NC1CCCCC1. The highest BCUT2D eigenvalue weighted by Gasteiger charge is 2.13. The molecule has 1 heterocycles. The summed E-state index contributed by atoms with van der Waals surface area (Å²) in [6, 6.07) is 2.57. The maximum absolute atomic E-state index is 6.07. The molecule has 1 saturated carbocycles. The summed E-state index contributed by atoms with van der Waals surface area (Å²) in [4.78, 5) is 6.68. The first-order valence-corrected chi connectivity index (χ1v) is 8.10. The molecule has 1 aliphatic carbocycles. The molecule has 3 nitrogen and oxygen atoms in total. The van der Waals surface area contributed by atoms with E-state index in [1.165, 1.54) is 37.7 Å². The Hall–Kier alpha value is -0.550. The predicted octanol–water partition coefficient (Wildman–Crippen LogP) is 3.59. The summed E-state index contributed by atoms with van der Waals surface area (Å²) in [5.41, 5.74) is 7.34. The molecule has 0 aliphatic heterocycles. The lowest BCUT2D eigenvalue weighted by Crippen LogP contribution is -2.35. The molecule has 0 atom stereocenters. The summed E-state index contributed by atoms with van der Waals surface area (Å²) in [5, 5.41) is 2.15. The van der Waals surface area contributed by atoms with E-state index >= 15 is 0 Å². The molecular formula is C13H20BrN3S. The van der Waals surface area contributed by atoms with E-state index in [4.69, 9.17) is 5.73 Å². The van der Waals surface area contributed by atoms with Crippen molar-refractivity contribution in [3.63, 3.8) is 0 Å². The Morgan fingerprint density at radius 2 is 2.22 bits per heavy atom. The lowest BCUT2D eigenvalue weighted by atomic mass is 9.96. The zero-order chi connectivity index (χ0) is 13.0. The van der Waals surface area contributed by atoms with E-state index in [0.717, 1.165) is 10.3 Å². The van der Waals surface area contributed by atoms with Gasteiger partial charge < -0.3 is 10.6 Å². The van der Waals surface area contributed by atoms with Gasteiger partial charge in [0.1, 0.15) is 0 Å². The molecule has 1 fully saturated rings. The van der Waals surface area contributed by atoms with Crippen molar-refractivity contribution in [3.05, 3.63) is 20.8 Å². The third kappa shape index (κ3) is 3.99. The number of guanidine groups is 1. The van der Waals surface area contributed by atoms with Crippen LogP contribution in [0.4, 0.5) is 0 Å². The first kappa shape index (κ1) is 13.9. The molecule has 1 aliphatic rings. The second kappa shape index (κ2) is 6.57. The number of hydrogen-bond acceptors (Lipinski definition) is 2. The maximum Gasteiger partial charge on any atom is 0.191 e. The van der Waals surface area contributed by atoms with Gasteiger partial charge in [-0.2, -0.15) is 0 Å². The van der Waals surface area contributed by atoms with Gasteiger partial charge in [-0.3, -0.25) is 0 Å². The fourth-order valence-electron chi connectivity index (χ4n) is 2.28. The number of thiophene rings is 1. The molecule has 1 aromatic heterocycles. The van der Waals surface area contributed by atoms with Gasteiger partial charge in [-0.25, -0.2) is 4.99 Å². The Labute approximate surface area is 121 Å². The van der Waals surface area contributed by atoms with Crippen molar-refractivity contribution in [2.45, 2.75) is 44.7 Å². The number of nitrogens with zero attached hydrogens (tertiary/aromatic N) is 2. The highest BCUT2D eigenvalue weighted by molar-refractivity contribution is 9.11. The molecule has 100 valence electrons. The van der Waals surface area contributed by atoms with Crippen LogP contribution in [0.5, 0.6) is 0 Å². The van der Waals surface area contributed by atoms with Crippen LogP contribution >= 0.6 is 27.3 Å². The van der Waals surface area contributed by atoms with Gasteiger partial charge >= 0.3 is 0 Å². The third-order valence-corrected chi connectivity index (χ3v) is 4.88. The van der Waals surface area contributed by atoms with Crippen LogP contribution in [0.25, 0.3) is 0 Å². The topological polar surface area (TPSA) is 41.6 Å². The van der Waals surface area contributed by atoms with Crippen molar-refractivity contribution in [2.24, 2.45) is 10.7 Å². The summed E-state index contributed by atoms with van der Waals surface area (Å²) < 4.78 is 1.16. The van der Waals surface area contributed by atoms with E-state index in [1.54, 1.807) is 11.3 Å². The normalized spacial score (nSPS) is 18.0. The van der Waals surface area contributed by atoms with Crippen LogP contribution in [-0.4, -0.2) is 23.9 Å². The molecule has 0 bridgehead atoms. The molecule has 2 N–H and O–H groups in total. The Bertz CT molecular complexity index is 410. The van der Waals surface area contributed by atoms with Gasteiger partial charge in [-0.15, -0.1) is 11.3 Å². The average Bonchev–Trinajstić information content (AvgIpc) is 2.76. The van der Waals surface area contributed by atoms with E-state index in [0.29, 0.717) is 12.0 Å². The first-order valence-electron chi connectivity index (χ1n) is 6.42. The lowest BCUT2D eigenvalue weighted by Gasteiger charge is -2.22. The largest absolute Gasteiger partial charge is 0.370 e. The summed E-state index contributed by atoms with van der Waals surface area (Å²) in [7, 11) is 2.01. The summed E-state index contributed by atoms with van der Waals surface area (Å²) in [6.07, 6.45) is 6.33. The monoisotopic (exact) mass is 329 g/mol. The van der Waals surface area contributed by atoms with Crippen molar-refractivity contribution in [3.8, 4) is 0 Å². The molecule has 2 rings (SSSR count). The number of hydrogen-bond donors (Lipinski definition) is 1. The van der Waals surface area contributed by atoms with Gasteiger partial charge in [-0.05, 0) is 45.8 Å². The molecule has 0 radical (unpaired) electrons. The quantitative estimate of drug-likeness (QED) is 0.680. The van der Waals surface area contributed by atoms with Crippen molar-refractivity contribution in [1.82, 2.24) is 4.90 Å². The number of aliphatic imine (C=N–C) groups is 1. The fraction of sp³-hybridized carbons (Fsp3) is 0.615. The van der Waals surface area contributed by atoms with Crippen LogP contribution < -0.4 is 5.73 Å². The van der Waals surface area contributed by atoms with Crippen LogP contribution in [-0.2, 0) is 6.54 Å². The molecule has 0 aromatic carbocycles. The third-order valence-electron chi connectivity index (χ3n) is 3.32. The van der Waals surface area contributed by atoms with Gasteiger partial charge in [0.25, 0.3) is 0 Å². The second-order valence-electron chi connectivity index (χ2n) is 4.89. The van der Waals surface area contributed by atoms with E-state index in [9.17, 15) is 0 Å². The number of halogens is 1. The molecule has 0 amide bonds. The fourth-order valence-corrected chi connectivity index (χ4v) is 3.48. The highest BCUT2D eigenvalue weighted by Crippen LogP contribution is 2.22. The van der Waals surface area contributed by atoms with E-state index in [2.05, 4.69) is 32.4 Å². The molecule has 0 spiro atoms. The first-order chi connectivity index (χ1) is 8.65. The smallest absolute Gasteiger partial charge is 0.191 e. The van der Waals surface area contributed by atoms with Gasteiger partial charge in [0.05, 0.1) is 9.83 Å². The maximum atomic E-state index is 6.07. The van der Waals surface area contributed by atoms with Gasteiger partial charge in [0.15, 0.2) is 5.96 Å². The average molecular weight is 330 g/mol. The van der Waals surface area contributed by atoms with Crippen molar-refractivity contribution in [1.29, 1.82) is 0 Å². The van der Waals surface area contributed by atoms with Crippen molar-refractivity contribution >= 4 is 33.2 Å². The van der Waals surface area contributed by atoms with Crippen LogP contribution in [0.3, 0.4) is 0 Å². The Morgan fingerprint density at radius 1 is 1.50 bits per heavy atom. The van der Waals surface area contributed by atoms with Crippen molar-refractivity contribution in [2.75, 3.05) is 7.05 Å². The summed E-state index contributed by atoms with van der Waals surface area (Å²) >= 11 is 5.18. The molecule has 5 heteroatoms. The molecule has 0 saturated heterocycles. The number of rotatable bonds is 3. The Balaban J connectivity index is 1.90. The van der Waals surface area contributed by atoms with Gasteiger partial charge in [-0.1, -0.05) is 19.3 Å². The van der Waals surface area contributed by atoms with Crippen molar-refractivity contribution < 1.29 is 0 Å². The number of nitrogens with two attached hydrogens (primary N) is 1. The predicted molar refractivity (Wildman–Crippen MR) is 82.0 cm³/mol. The summed E-state index contributed by atoms with van der Waals surface area (Å²) in [6.45, 7) is 0.824. The van der Waals surface area contributed by atoms with Crippen LogP contribution in [0.15, 0.2) is 20.2 Å². The van der Waals surface area contributed by atoms with E-state index in [-0.39, 0.29) is 0 Å². The van der Waals surface area contributed by atoms with Crippen LogP contribution in [0.1, 0.15) is 37.7 Å². The van der Waals surface area contributed by atoms with Gasteiger partial charge in [0, 0.05) is 13.6 Å². The molecular weight excluding hydrogens is 310 g/mol. The highest BCUT2D eigenvalue weighted by atomic mass is 79.9. The zero-order valence-corrected chi connectivity index (χ0v) is 13.1. The molecule has 1 aromatic rings. The molecule has 0 unspecified atom stereocenters. The van der Waals surface area contributed by atoms with Crippen LogP contribution in [0.2, 0.25) is 0 Å². The lowest BCUT2D eigenvalue weighted by molar-refractivity contribution is 0.428. The Morgan fingerprint density at radius 3 is 2.83 bits per heavy atom. The standard InChI is InChI=1S/C13H20BrN3S/c1-17(8-10-7-12(14)18-9-10)13(15)16-11-5-3-2-4-6-11/h7,9,11H,2-6,8H2,1H3,(H2,15,16). The molecule has 18 heavy (non-hydrogen) atoms. The zero-order valence-electron chi connectivity index (χ0n) is 10.7. The summed E-state index contributed by atoms with van der Waals surface area (Å²) in [5.74, 6) is 0.671. The minimum atomic E-state index is 0.440. The van der Waals surface area contributed by atoms with E-state index in [1.807, 2.05) is 11.9 Å².